The molecular weight excluding hydrogens is 352 g/mol. The quantitative estimate of drug-likeness (QED) is 0.874. The molecule has 1 aliphatic rings. The third-order valence-electron chi connectivity index (χ3n) is 4.68. The number of para-hydroxylation sites is 2. The second kappa shape index (κ2) is 8.70. The highest BCUT2D eigenvalue weighted by Crippen LogP contribution is 2.24. The van der Waals surface area contributed by atoms with Crippen molar-refractivity contribution in [2.75, 3.05) is 44.7 Å². The molecule has 1 aliphatic heterocycles. The molecule has 0 saturated carbocycles. The number of nitrogens with one attached hydrogen (secondary N) is 1. The van der Waals surface area contributed by atoms with Crippen LogP contribution in [-0.4, -0.2) is 50.8 Å². The number of hydrogen-bond acceptors (Lipinski definition) is 3. The first kappa shape index (κ1) is 18.9. The van der Waals surface area contributed by atoms with Crippen molar-refractivity contribution in [3.05, 3.63) is 59.7 Å². The highest BCUT2D eigenvalue weighted by Gasteiger charge is 2.24. The van der Waals surface area contributed by atoms with Gasteiger partial charge in [0.1, 0.15) is 23.1 Å². The normalized spacial score (nSPS) is 14.2. The Balaban J connectivity index is 1.49. The molecule has 2 amide bonds. The lowest BCUT2D eigenvalue weighted by atomic mass is 10.1. The van der Waals surface area contributed by atoms with Gasteiger partial charge < -0.3 is 19.9 Å². The zero-order chi connectivity index (χ0) is 19.2. The van der Waals surface area contributed by atoms with Gasteiger partial charge >= 0.3 is 6.03 Å². The molecule has 2 aromatic rings. The van der Waals surface area contributed by atoms with E-state index in [-0.39, 0.29) is 11.7 Å². The van der Waals surface area contributed by atoms with Gasteiger partial charge in [0.25, 0.3) is 0 Å². The van der Waals surface area contributed by atoms with Gasteiger partial charge in [0.2, 0.25) is 0 Å². The van der Waals surface area contributed by atoms with Crippen LogP contribution in [0.3, 0.4) is 0 Å². The second-order valence-electron chi connectivity index (χ2n) is 6.34. The number of carbonyl (C=O) groups is 1. The number of carbonyl (C=O) groups excluding carboxylic acids is 1. The molecule has 3 rings (SSSR count). The number of benzene rings is 2. The zero-order valence-electron chi connectivity index (χ0n) is 15.3. The van der Waals surface area contributed by atoms with E-state index in [2.05, 4.69) is 5.32 Å². The number of nitrogens with zero attached hydrogens (tertiary/aromatic N) is 2. The first-order valence-electron chi connectivity index (χ1n) is 8.94. The van der Waals surface area contributed by atoms with E-state index in [4.69, 9.17) is 4.74 Å². The molecule has 0 atom stereocenters. The van der Waals surface area contributed by atoms with Crippen LogP contribution in [0.5, 0.6) is 5.75 Å². The summed E-state index contributed by atoms with van der Waals surface area (Å²) in [7, 11) is 1.62. The third-order valence-corrected chi connectivity index (χ3v) is 4.68. The highest BCUT2D eigenvalue weighted by molar-refractivity contribution is 5.74. The molecule has 1 fully saturated rings. The number of piperazine rings is 1. The molecular formula is C20H23F2N3O2. The third kappa shape index (κ3) is 4.48. The summed E-state index contributed by atoms with van der Waals surface area (Å²) in [6.07, 6.45) is 0.663. The lowest BCUT2D eigenvalue weighted by Gasteiger charge is -2.36. The predicted molar refractivity (Wildman–Crippen MR) is 100 cm³/mol. The maximum atomic E-state index is 13.9. The number of urea groups is 1. The summed E-state index contributed by atoms with van der Waals surface area (Å²) < 4.78 is 33.1. The summed E-state index contributed by atoms with van der Waals surface area (Å²) in [4.78, 5) is 15.6. The van der Waals surface area contributed by atoms with E-state index in [9.17, 15) is 13.6 Å². The van der Waals surface area contributed by atoms with Crippen molar-refractivity contribution in [1.29, 1.82) is 0 Å². The topological polar surface area (TPSA) is 44.8 Å². The number of anilines is 1. The van der Waals surface area contributed by atoms with Gasteiger partial charge in [-0.05, 0) is 30.2 Å². The molecule has 1 N–H and O–H groups in total. The standard InChI is InChI=1S/C20H23F2N3O2/c1-27-18-8-3-2-5-15(18)9-10-23-20(26)25-13-11-24(12-14-25)19-16(21)6-4-7-17(19)22/h2-8H,9-14H2,1H3,(H,23,26). The van der Waals surface area contributed by atoms with Crippen LogP contribution in [0.2, 0.25) is 0 Å². The molecule has 0 bridgehead atoms. The fourth-order valence-corrected chi connectivity index (χ4v) is 3.25. The van der Waals surface area contributed by atoms with Gasteiger partial charge in [-0.2, -0.15) is 0 Å². The molecule has 2 aromatic carbocycles. The van der Waals surface area contributed by atoms with E-state index in [1.54, 1.807) is 16.9 Å². The first-order valence-corrected chi connectivity index (χ1v) is 8.94. The Labute approximate surface area is 157 Å². The minimum atomic E-state index is -0.579. The van der Waals surface area contributed by atoms with Crippen molar-refractivity contribution in [3.63, 3.8) is 0 Å². The number of ether oxygens (including phenoxy) is 1. The van der Waals surface area contributed by atoms with Crippen LogP contribution in [0.15, 0.2) is 42.5 Å². The Kier molecular flexibility index (Phi) is 6.11. The molecule has 0 spiro atoms. The van der Waals surface area contributed by atoms with Crippen LogP contribution in [-0.2, 0) is 6.42 Å². The second-order valence-corrected chi connectivity index (χ2v) is 6.34. The van der Waals surface area contributed by atoms with Crippen molar-refractivity contribution in [2.45, 2.75) is 6.42 Å². The summed E-state index contributed by atoms with van der Waals surface area (Å²) in [6, 6.07) is 11.4. The maximum Gasteiger partial charge on any atom is 0.317 e. The van der Waals surface area contributed by atoms with E-state index < -0.39 is 11.6 Å². The summed E-state index contributed by atoms with van der Waals surface area (Å²) in [5.41, 5.74) is 1.01. The lowest BCUT2D eigenvalue weighted by Crippen LogP contribution is -2.52. The van der Waals surface area contributed by atoms with Crippen LogP contribution >= 0.6 is 0 Å². The van der Waals surface area contributed by atoms with Gasteiger partial charge in [-0.3, -0.25) is 0 Å². The van der Waals surface area contributed by atoms with E-state index in [0.717, 1.165) is 11.3 Å². The molecule has 1 saturated heterocycles. The van der Waals surface area contributed by atoms with Crippen molar-refractivity contribution in [1.82, 2.24) is 10.2 Å². The van der Waals surface area contributed by atoms with Gasteiger partial charge in [0.15, 0.2) is 0 Å². The molecule has 27 heavy (non-hydrogen) atoms. The summed E-state index contributed by atoms with van der Waals surface area (Å²) in [6.45, 7) is 2.08. The molecule has 7 heteroatoms. The molecule has 5 nitrogen and oxygen atoms in total. The summed E-state index contributed by atoms with van der Waals surface area (Å²) >= 11 is 0. The van der Waals surface area contributed by atoms with Crippen LogP contribution in [0.1, 0.15) is 5.56 Å². The average Bonchev–Trinajstić information content (AvgIpc) is 2.68. The smallest absolute Gasteiger partial charge is 0.317 e. The SMILES string of the molecule is COc1ccccc1CCNC(=O)N1CCN(c2c(F)cccc2F)CC1. The van der Waals surface area contributed by atoms with E-state index in [1.165, 1.54) is 18.2 Å². The predicted octanol–water partition coefficient (Wildman–Crippen LogP) is 3.05. The van der Waals surface area contributed by atoms with Crippen LogP contribution in [0, 0.1) is 11.6 Å². The molecule has 144 valence electrons. The van der Waals surface area contributed by atoms with Crippen LogP contribution in [0.4, 0.5) is 19.3 Å². The maximum absolute atomic E-state index is 13.9. The van der Waals surface area contributed by atoms with Crippen molar-refractivity contribution < 1.29 is 18.3 Å². The van der Waals surface area contributed by atoms with E-state index >= 15 is 0 Å². The number of hydrogen-bond donors (Lipinski definition) is 1. The van der Waals surface area contributed by atoms with E-state index in [0.29, 0.717) is 39.1 Å². The highest BCUT2D eigenvalue weighted by atomic mass is 19.1. The molecule has 0 radical (unpaired) electrons. The number of amides is 2. The average molecular weight is 375 g/mol. The summed E-state index contributed by atoms with van der Waals surface area (Å²) in [5, 5.41) is 2.89. The Hall–Kier alpha value is -2.83. The number of methoxy groups -OCH3 is 1. The van der Waals surface area contributed by atoms with Gasteiger partial charge in [-0.25, -0.2) is 13.6 Å². The molecule has 1 heterocycles. The van der Waals surface area contributed by atoms with Crippen molar-refractivity contribution in [3.8, 4) is 5.75 Å². The van der Waals surface area contributed by atoms with Gasteiger partial charge in [0, 0.05) is 32.7 Å². The Bertz CT molecular complexity index is 772. The van der Waals surface area contributed by atoms with Crippen molar-refractivity contribution in [2.24, 2.45) is 0 Å². The minimum Gasteiger partial charge on any atom is -0.496 e. The number of rotatable bonds is 5. The zero-order valence-corrected chi connectivity index (χ0v) is 15.3. The lowest BCUT2D eigenvalue weighted by molar-refractivity contribution is 0.194. The van der Waals surface area contributed by atoms with E-state index in [1.807, 2.05) is 24.3 Å². The van der Waals surface area contributed by atoms with Crippen LogP contribution in [0.25, 0.3) is 0 Å². The van der Waals surface area contributed by atoms with Gasteiger partial charge in [0.05, 0.1) is 7.11 Å². The largest absolute Gasteiger partial charge is 0.496 e. The first-order chi connectivity index (χ1) is 13.1. The Morgan fingerprint density at radius 3 is 2.37 bits per heavy atom. The van der Waals surface area contributed by atoms with Gasteiger partial charge in [-0.15, -0.1) is 0 Å². The van der Waals surface area contributed by atoms with Gasteiger partial charge in [-0.1, -0.05) is 24.3 Å². The van der Waals surface area contributed by atoms with Crippen molar-refractivity contribution >= 4 is 11.7 Å². The fraction of sp³-hybridized carbons (Fsp3) is 0.350. The Morgan fingerprint density at radius 1 is 1.04 bits per heavy atom. The summed E-state index contributed by atoms with van der Waals surface area (Å²) in [5.74, 6) is -0.360. The fourth-order valence-electron chi connectivity index (χ4n) is 3.25. The molecule has 0 aromatic heterocycles. The monoisotopic (exact) mass is 375 g/mol. The molecule has 0 unspecified atom stereocenters. The number of halogens is 2. The minimum absolute atomic E-state index is 0.0197. The van der Waals surface area contributed by atoms with Crippen LogP contribution < -0.4 is 15.0 Å². The molecule has 0 aliphatic carbocycles. The Morgan fingerprint density at radius 2 is 1.70 bits per heavy atom.